The van der Waals surface area contributed by atoms with Gasteiger partial charge in [-0.15, -0.1) is 0 Å². The van der Waals surface area contributed by atoms with Gasteiger partial charge < -0.3 is 16.4 Å². The van der Waals surface area contributed by atoms with E-state index in [0.29, 0.717) is 5.56 Å². The number of carbonyl (C=O) groups is 2. The highest BCUT2D eigenvalue weighted by atomic mass is 79.9. The van der Waals surface area contributed by atoms with Crippen LogP contribution < -0.4 is 16.4 Å². The van der Waals surface area contributed by atoms with Crippen molar-refractivity contribution in [2.45, 2.75) is 50.6 Å². The van der Waals surface area contributed by atoms with Crippen LogP contribution in [0.1, 0.15) is 44.6 Å². The monoisotopic (exact) mass is 381 g/mol. The van der Waals surface area contributed by atoms with E-state index in [1.165, 1.54) is 6.42 Å². The van der Waals surface area contributed by atoms with Crippen LogP contribution in [0.3, 0.4) is 0 Å². The number of halogens is 1. The van der Waals surface area contributed by atoms with Crippen molar-refractivity contribution < 1.29 is 9.59 Å². The van der Waals surface area contributed by atoms with E-state index in [9.17, 15) is 9.59 Å². The SMILES string of the molecule is CC(N)(C(=O)NCC(=O)NC1CCCCC1)c1ccc(Br)cc1. The van der Waals surface area contributed by atoms with Gasteiger partial charge in [-0.05, 0) is 37.5 Å². The topological polar surface area (TPSA) is 84.2 Å². The molecule has 1 aromatic carbocycles. The number of benzene rings is 1. The number of hydrogen-bond acceptors (Lipinski definition) is 3. The lowest BCUT2D eigenvalue weighted by atomic mass is 9.92. The quantitative estimate of drug-likeness (QED) is 0.730. The van der Waals surface area contributed by atoms with Crippen molar-refractivity contribution in [2.24, 2.45) is 5.73 Å². The maximum Gasteiger partial charge on any atom is 0.244 e. The van der Waals surface area contributed by atoms with Crippen LogP contribution >= 0.6 is 15.9 Å². The maximum absolute atomic E-state index is 12.3. The lowest BCUT2D eigenvalue weighted by Gasteiger charge is -2.25. The molecule has 1 unspecified atom stereocenters. The highest BCUT2D eigenvalue weighted by molar-refractivity contribution is 9.10. The van der Waals surface area contributed by atoms with Gasteiger partial charge in [0.25, 0.3) is 0 Å². The molecule has 1 atom stereocenters. The van der Waals surface area contributed by atoms with Crippen LogP contribution in [0, 0.1) is 0 Å². The van der Waals surface area contributed by atoms with Crippen LogP contribution in [0.4, 0.5) is 0 Å². The van der Waals surface area contributed by atoms with Crippen molar-refractivity contribution in [1.29, 1.82) is 0 Å². The number of nitrogens with one attached hydrogen (secondary N) is 2. The summed E-state index contributed by atoms with van der Waals surface area (Å²) in [4.78, 5) is 24.3. The molecule has 0 aromatic heterocycles. The normalized spacial score (nSPS) is 18.0. The summed E-state index contributed by atoms with van der Waals surface area (Å²) in [5.74, 6) is -0.518. The second kappa shape index (κ2) is 7.93. The molecular weight excluding hydrogens is 358 g/mol. The molecule has 1 aliphatic carbocycles. The molecule has 0 heterocycles. The summed E-state index contributed by atoms with van der Waals surface area (Å²) in [5.41, 5.74) is 5.67. The summed E-state index contributed by atoms with van der Waals surface area (Å²) in [6.07, 6.45) is 5.59. The first-order valence-electron chi connectivity index (χ1n) is 8.02. The van der Waals surface area contributed by atoms with E-state index in [2.05, 4.69) is 26.6 Å². The Hall–Kier alpha value is -1.40. The zero-order valence-corrected chi connectivity index (χ0v) is 15.0. The molecule has 4 N–H and O–H groups in total. The summed E-state index contributed by atoms with van der Waals surface area (Å²) in [7, 11) is 0. The maximum atomic E-state index is 12.3. The van der Waals surface area contributed by atoms with Crippen molar-refractivity contribution in [3.8, 4) is 0 Å². The third-order valence-electron chi connectivity index (χ3n) is 4.30. The van der Waals surface area contributed by atoms with Gasteiger partial charge in [-0.1, -0.05) is 47.3 Å². The predicted molar refractivity (Wildman–Crippen MR) is 93.7 cm³/mol. The average molecular weight is 382 g/mol. The zero-order chi connectivity index (χ0) is 16.9. The smallest absolute Gasteiger partial charge is 0.244 e. The second-order valence-corrected chi connectivity index (χ2v) is 7.21. The number of amides is 2. The van der Waals surface area contributed by atoms with E-state index in [-0.39, 0.29) is 24.4 Å². The minimum absolute atomic E-state index is 0.0430. The van der Waals surface area contributed by atoms with Crippen LogP contribution in [0.5, 0.6) is 0 Å². The first-order valence-corrected chi connectivity index (χ1v) is 8.81. The summed E-state index contributed by atoms with van der Waals surface area (Å²) < 4.78 is 0.921. The van der Waals surface area contributed by atoms with E-state index >= 15 is 0 Å². The highest BCUT2D eigenvalue weighted by Crippen LogP contribution is 2.20. The van der Waals surface area contributed by atoms with Gasteiger partial charge in [0, 0.05) is 10.5 Å². The number of nitrogens with two attached hydrogens (primary N) is 1. The summed E-state index contributed by atoms with van der Waals surface area (Å²) in [6, 6.07) is 7.51. The Morgan fingerprint density at radius 2 is 1.83 bits per heavy atom. The second-order valence-electron chi connectivity index (χ2n) is 6.29. The van der Waals surface area contributed by atoms with E-state index in [4.69, 9.17) is 5.73 Å². The Morgan fingerprint density at radius 1 is 1.22 bits per heavy atom. The fourth-order valence-corrected chi connectivity index (χ4v) is 3.06. The van der Waals surface area contributed by atoms with Gasteiger partial charge in [0.1, 0.15) is 5.54 Å². The third kappa shape index (κ3) is 5.04. The molecule has 126 valence electrons. The fourth-order valence-electron chi connectivity index (χ4n) is 2.80. The molecule has 1 aromatic rings. The van der Waals surface area contributed by atoms with Gasteiger partial charge in [0.15, 0.2) is 0 Å². The number of hydrogen-bond donors (Lipinski definition) is 3. The van der Waals surface area contributed by atoms with Crippen LogP contribution in [0.25, 0.3) is 0 Å². The van der Waals surface area contributed by atoms with Crippen LogP contribution in [0.15, 0.2) is 28.7 Å². The lowest BCUT2D eigenvalue weighted by molar-refractivity contribution is -0.129. The summed E-state index contributed by atoms with van der Waals surface area (Å²) >= 11 is 3.35. The summed E-state index contributed by atoms with van der Waals surface area (Å²) in [5, 5.41) is 5.61. The van der Waals surface area contributed by atoms with Gasteiger partial charge in [-0.25, -0.2) is 0 Å². The molecule has 0 saturated heterocycles. The van der Waals surface area contributed by atoms with Crippen molar-refractivity contribution in [3.05, 3.63) is 34.3 Å². The van der Waals surface area contributed by atoms with Gasteiger partial charge in [0.05, 0.1) is 6.54 Å². The van der Waals surface area contributed by atoms with Crippen LogP contribution in [-0.2, 0) is 15.1 Å². The van der Waals surface area contributed by atoms with Crippen LogP contribution in [0.2, 0.25) is 0 Å². The van der Waals surface area contributed by atoms with Crippen molar-refractivity contribution in [3.63, 3.8) is 0 Å². The van der Waals surface area contributed by atoms with E-state index < -0.39 is 5.54 Å². The molecule has 2 amide bonds. The summed E-state index contributed by atoms with van der Waals surface area (Å²) in [6.45, 7) is 1.60. The molecular formula is C17H24BrN3O2. The number of carbonyl (C=O) groups excluding carboxylic acids is 2. The zero-order valence-electron chi connectivity index (χ0n) is 13.4. The van der Waals surface area contributed by atoms with E-state index in [1.54, 1.807) is 19.1 Å². The Labute approximate surface area is 145 Å². The number of rotatable bonds is 5. The fraction of sp³-hybridized carbons (Fsp3) is 0.529. The molecule has 6 heteroatoms. The Kier molecular flexibility index (Phi) is 6.18. The van der Waals surface area contributed by atoms with E-state index in [0.717, 1.165) is 30.2 Å². The molecule has 1 saturated carbocycles. The van der Waals surface area contributed by atoms with Gasteiger partial charge in [-0.2, -0.15) is 0 Å². The molecule has 23 heavy (non-hydrogen) atoms. The van der Waals surface area contributed by atoms with Crippen molar-refractivity contribution >= 4 is 27.7 Å². The third-order valence-corrected chi connectivity index (χ3v) is 4.82. The average Bonchev–Trinajstić information content (AvgIpc) is 2.54. The molecule has 2 rings (SSSR count). The standard InChI is InChI=1S/C17H24BrN3O2/c1-17(19,12-7-9-13(18)10-8-12)16(23)20-11-15(22)21-14-5-3-2-4-6-14/h7-10,14H,2-6,11,19H2,1H3,(H,20,23)(H,21,22). The highest BCUT2D eigenvalue weighted by Gasteiger charge is 2.30. The first kappa shape index (κ1) is 17.9. The predicted octanol–water partition coefficient (Wildman–Crippen LogP) is 2.19. The molecule has 1 aliphatic rings. The first-order chi connectivity index (χ1) is 10.9. The molecule has 0 spiro atoms. The Morgan fingerprint density at radius 3 is 2.43 bits per heavy atom. The van der Waals surface area contributed by atoms with E-state index in [1.807, 2.05) is 12.1 Å². The molecule has 0 aliphatic heterocycles. The Balaban J connectivity index is 1.85. The van der Waals surface area contributed by atoms with Gasteiger partial charge in [-0.3, -0.25) is 9.59 Å². The minimum Gasteiger partial charge on any atom is -0.352 e. The Bertz CT molecular complexity index is 551. The molecule has 0 radical (unpaired) electrons. The largest absolute Gasteiger partial charge is 0.352 e. The van der Waals surface area contributed by atoms with Crippen molar-refractivity contribution in [1.82, 2.24) is 10.6 Å². The van der Waals surface area contributed by atoms with Gasteiger partial charge in [0.2, 0.25) is 11.8 Å². The van der Waals surface area contributed by atoms with Gasteiger partial charge >= 0.3 is 0 Å². The molecule has 1 fully saturated rings. The minimum atomic E-state index is -1.17. The lowest BCUT2D eigenvalue weighted by Crippen LogP contribution is -2.52. The molecule has 5 nitrogen and oxygen atoms in total. The van der Waals surface area contributed by atoms with Crippen molar-refractivity contribution in [2.75, 3.05) is 6.54 Å². The molecule has 0 bridgehead atoms. The van der Waals surface area contributed by atoms with Crippen LogP contribution in [-0.4, -0.2) is 24.4 Å².